The van der Waals surface area contributed by atoms with E-state index in [9.17, 15) is 4.79 Å². The summed E-state index contributed by atoms with van der Waals surface area (Å²) in [6.45, 7) is 14.2. The van der Waals surface area contributed by atoms with Crippen LogP contribution in [0.4, 0.5) is 0 Å². The van der Waals surface area contributed by atoms with Crippen molar-refractivity contribution < 1.29 is 9.53 Å². The van der Waals surface area contributed by atoms with Crippen molar-refractivity contribution in [3.8, 4) is 0 Å². The third-order valence-electron chi connectivity index (χ3n) is 3.84. The number of nitrogens with one attached hydrogen (secondary N) is 2. The molecule has 25 heavy (non-hydrogen) atoms. The molecule has 1 unspecified atom stereocenters. The molecule has 0 saturated heterocycles. The van der Waals surface area contributed by atoms with E-state index < -0.39 is 0 Å². The summed E-state index contributed by atoms with van der Waals surface area (Å²) in [5, 5.41) is 7.48. The summed E-state index contributed by atoms with van der Waals surface area (Å²) in [5.41, 5.74) is 0.705. The van der Waals surface area contributed by atoms with E-state index in [1.165, 1.54) is 11.3 Å². The molecule has 0 bridgehead atoms. The van der Waals surface area contributed by atoms with E-state index in [1.807, 2.05) is 13.8 Å². The van der Waals surface area contributed by atoms with Crippen molar-refractivity contribution in [1.82, 2.24) is 20.5 Å². The third-order valence-corrected chi connectivity index (χ3v) is 5.16. The van der Waals surface area contributed by atoms with Crippen LogP contribution in [0.15, 0.2) is 4.99 Å². The van der Waals surface area contributed by atoms with Crippen molar-refractivity contribution in [2.75, 3.05) is 39.8 Å². The summed E-state index contributed by atoms with van der Waals surface area (Å²) in [6.07, 6.45) is 0. The fourth-order valence-corrected chi connectivity index (χ4v) is 3.29. The van der Waals surface area contributed by atoms with E-state index >= 15 is 0 Å². The number of hydrogen-bond donors (Lipinski definition) is 2. The fourth-order valence-electron chi connectivity index (χ4n) is 2.32. The van der Waals surface area contributed by atoms with Crippen LogP contribution in [0.5, 0.6) is 0 Å². The number of hydrogen-bond acceptors (Lipinski definition) is 6. The monoisotopic (exact) mass is 369 g/mol. The summed E-state index contributed by atoms with van der Waals surface area (Å²) in [6, 6.07) is -0.0495. The lowest BCUT2D eigenvalue weighted by molar-refractivity contribution is 0.0531. The molecule has 8 heteroatoms. The molecular weight excluding hydrogens is 338 g/mol. The zero-order valence-electron chi connectivity index (χ0n) is 16.2. The second-order valence-electron chi connectivity index (χ2n) is 5.58. The molecular formula is C17H31N5O2S. The van der Waals surface area contributed by atoms with Gasteiger partial charge in [0.15, 0.2) is 5.96 Å². The molecule has 0 radical (unpaired) electrons. The molecule has 0 aromatic carbocycles. The van der Waals surface area contributed by atoms with Gasteiger partial charge in [0.2, 0.25) is 0 Å². The molecule has 0 saturated carbocycles. The first-order chi connectivity index (χ1) is 12.0. The molecule has 0 spiro atoms. The lowest BCUT2D eigenvalue weighted by atomic mass is 10.3. The van der Waals surface area contributed by atoms with E-state index in [1.54, 1.807) is 14.0 Å². The van der Waals surface area contributed by atoms with Crippen molar-refractivity contribution >= 4 is 23.3 Å². The molecule has 142 valence electrons. The SMILES string of the molecule is CCOC(=O)c1sc(C(C)NC(=NC)NCCN(CC)CC)nc1C. The van der Waals surface area contributed by atoms with E-state index in [-0.39, 0.29) is 12.0 Å². The van der Waals surface area contributed by atoms with Gasteiger partial charge in [0.25, 0.3) is 0 Å². The van der Waals surface area contributed by atoms with Crippen molar-refractivity contribution in [3.05, 3.63) is 15.6 Å². The van der Waals surface area contributed by atoms with Crippen LogP contribution in [-0.4, -0.2) is 61.6 Å². The van der Waals surface area contributed by atoms with Crippen LogP contribution in [0.2, 0.25) is 0 Å². The summed E-state index contributed by atoms with van der Waals surface area (Å²) in [4.78, 5) is 23.6. The maximum atomic E-state index is 11.9. The molecule has 2 N–H and O–H groups in total. The van der Waals surface area contributed by atoms with Gasteiger partial charge < -0.3 is 20.3 Å². The fraction of sp³-hybridized carbons (Fsp3) is 0.706. The molecule has 0 amide bonds. The standard InChI is InChI=1S/C17H31N5O2S/c1-7-22(8-2)11-10-19-17(18-6)21-13(5)15-20-12(4)14(25-15)16(23)24-9-3/h13H,7-11H2,1-6H3,(H2,18,19,21). The minimum absolute atomic E-state index is 0.0495. The van der Waals surface area contributed by atoms with Crippen LogP contribution >= 0.6 is 11.3 Å². The lowest BCUT2D eigenvalue weighted by Gasteiger charge is -2.20. The van der Waals surface area contributed by atoms with Gasteiger partial charge in [-0.25, -0.2) is 9.78 Å². The average Bonchev–Trinajstić information content (AvgIpc) is 2.99. The minimum atomic E-state index is -0.308. The Morgan fingerprint density at radius 1 is 1.36 bits per heavy atom. The Balaban J connectivity index is 2.63. The van der Waals surface area contributed by atoms with Crippen LogP contribution in [-0.2, 0) is 4.74 Å². The van der Waals surface area contributed by atoms with Crippen LogP contribution < -0.4 is 10.6 Å². The average molecular weight is 370 g/mol. The predicted molar refractivity (Wildman–Crippen MR) is 104 cm³/mol. The lowest BCUT2D eigenvalue weighted by Crippen LogP contribution is -2.42. The highest BCUT2D eigenvalue weighted by molar-refractivity contribution is 7.13. The number of aliphatic imine (C=N–C) groups is 1. The number of ether oxygens (including phenoxy) is 1. The van der Waals surface area contributed by atoms with E-state index in [4.69, 9.17) is 4.74 Å². The topological polar surface area (TPSA) is 78.8 Å². The molecule has 0 fully saturated rings. The van der Waals surface area contributed by atoms with Gasteiger partial charge in [0.1, 0.15) is 9.88 Å². The first kappa shape index (κ1) is 21.4. The number of nitrogens with zero attached hydrogens (tertiary/aromatic N) is 3. The zero-order chi connectivity index (χ0) is 18.8. The summed E-state index contributed by atoms with van der Waals surface area (Å²) in [7, 11) is 1.75. The Bertz CT molecular complexity index is 569. The number of aryl methyl sites for hydroxylation is 1. The molecule has 1 atom stereocenters. The Hall–Kier alpha value is -1.67. The number of aromatic nitrogens is 1. The van der Waals surface area contributed by atoms with Crippen LogP contribution in [0.25, 0.3) is 0 Å². The van der Waals surface area contributed by atoms with Crippen LogP contribution in [0, 0.1) is 6.92 Å². The largest absolute Gasteiger partial charge is 0.462 e. The summed E-state index contributed by atoms with van der Waals surface area (Å²) in [5.74, 6) is 0.419. The second kappa shape index (κ2) is 11.0. The Morgan fingerprint density at radius 3 is 2.60 bits per heavy atom. The number of esters is 1. The number of carbonyl (C=O) groups excluding carboxylic acids is 1. The van der Waals surface area contributed by atoms with E-state index in [0.29, 0.717) is 17.2 Å². The first-order valence-corrected chi connectivity index (χ1v) is 9.62. The number of rotatable bonds is 9. The predicted octanol–water partition coefficient (Wildman–Crippen LogP) is 2.20. The maximum absolute atomic E-state index is 11.9. The highest BCUT2D eigenvalue weighted by Gasteiger charge is 2.20. The highest BCUT2D eigenvalue weighted by atomic mass is 32.1. The number of guanidine groups is 1. The molecule has 1 heterocycles. The number of likely N-dealkylation sites (N-methyl/N-ethyl adjacent to an activating group) is 1. The van der Waals surface area contributed by atoms with Gasteiger partial charge in [-0.15, -0.1) is 11.3 Å². The van der Waals surface area contributed by atoms with Gasteiger partial charge in [0.05, 0.1) is 18.3 Å². The Labute approximate surface area is 154 Å². The third kappa shape index (κ3) is 6.62. The summed E-state index contributed by atoms with van der Waals surface area (Å²) < 4.78 is 5.07. The quantitative estimate of drug-likeness (QED) is 0.395. The van der Waals surface area contributed by atoms with Gasteiger partial charge in [-0.05, 0) is 33.9 Å². The smallest absolute Gasteiger partial charge is 0.350 e. The van der Waals surface area contributed by atoms with Crippen molar-refractivity contribution in [1.29, 1.82) is 0 Å². The minimum Gasteiger partial charge on any atom is -0.462 e. The van der Waals surface area contributed by atoms with Gasteiger partial charge in [-0.2, -0.15) is 0 Å². The van der Waals surface area contributed by atoms with Crippen molar-refractivity contribution in [3.63, 3.8) is 0 Å². The summed E-state index contributed by atoms with van der Waals surface area (Å²) >= 11 is 1.36. The van der Waals surface area contributed by atoms with Gasteiger partial charge >= 0.3 is 5.97 Å². The highest BCUT2D eigenvalue weighted by Crippen LogP contribution is 2.24. The van der Waals surface area contributed by atoms with Crippen LogP contribution in [0.3, 0.4) is 0 Å². The maximum Gasteiger partial charge on any atom is 0.350 e. The van der Waals surface area contributed by atoms with Gasteiger partial charge in [0, 0.05) is 20.1 Å². The zero-order valence-corrected chi connectivity index (χ0v) is 17.0. The van der Waals surface area contributed by atoms with Crippen molar-refractivity contribution in [2.45, 2.75) is 40.7 Å². The molecule has 7 nitrogen and oxygen atoms in total. The molecule has 0 aliphatic carbocycles. The van der Waals surface area contributed by atoms with Gasteiger partial charge in [-0.3, -0.25) is 4.99 Å². The van der Waals surface area contributed by atoms with Crippen LogP contribution in [0.1, 0.15) is 54.1 Å². The van der Waals surface area contributed by atoms with E-state index in [2.05, 4.69) is 39.4 Å². The Kier molecular flexibility index (Phi) is 9.44. The Morgan fingerprint density at radius 2 is 2.04 bits per heavy atom. The van der Waals surface area contributed by atoms with Gasteiger partial charge in [-0.1, -0.05) is 13.8 Å². The molecule has 0 aliphatic heterocycles. The van der Waals surface area contributed by atoms with E-state index in [0.717, 1.165) is 37.1 Å². The molecule has 1 rings (SSSR count). The number of carbonyl (C=O) groups is 1. The number of thiazole rings is 1. The first-order valence-electron chi connectivity index (χ1n) is 8.80. The normalized spacial score (nSPS) is 13.0. The van der Waals surface area contributed by atoms with Crippen molar-refractivity contribution in [2.24, 2.45) is 4.99 Å². The second-order valence-corrected chi connectivity index (χ2v) is 6.61. The molecule has 1 aromatic heterocycles. The molecule has 1 aromatic rings. The molecule has 0 aliphatic rings.